The van der Waals surface area contributed by atoms with Crippen LogP contribution < -0.4 is 15.7 Å². The molecule has 0 bridgehead atoms. The molecule has 1 aliphatic heterocycles. The number of ether oxygens (including phenoxy) is 1. The Labute approximate surface area is 233 Å². The standard InChI is InChI=1S/C17H31N4O6P.C4H8.C4H10.C2H6/c1-5-10(13(23)15(25)20-28)19-14(24)11-7-6-8-21(11)12(22)9-18-16(26)27-17(2,3)4;1-2-4-3-1;1-4(2)3;1-2/h10-11,13,23H,5-9,28H2,1-4H3,(H,18,26)(H,19,24)(H,20,25);1-4H2;4H,1-3H3;1-2H3. The van der Waals surface area contributed by atoms with Crippen molar-refractivity contribution in [2.75, 3.05) is 13.1 Å². The molecule has 0 spiro atoms. The molecule has 224 valence electrons. The number of rotatable bonds is 7. The highest BCUT2D eigenvalue weighted by atomic mass is 31.0. The second-order valence-electron chi connectivity index (χ2n) is 10.7. The van der Waals surface area contributed by atoms with Crippen LogP contribution in [0, 0.1) is 5.92 Å². The van der Waals surface area contributed by atoms with Gasteiger partial charge in [-0.25, -0.2) is 4.79 Å². The lowest BCUT2D eigenvalue weighted by atomic mass is 10.0. The first kappa shape index (κ1) is 38.2. The van der Waals surface area contributed by atoms with Crippen molar-refractivity contribution in [2.24, 2.45) is 5.92 Å². The molecular weight excluding hydrogens is 507 g/mol. The first-order chi connectivity index (χ1) is 17.7. The molecule has 2 aliphatic rings. The number of aliphatic hydroxyl groups excluding tert-OH is 1. The molecule has 1 saturated carbocycles. The molecule has 38 heavy (non-hydrogen) atoms. The summed E-state index contributed by atoms with van der Waals surface area (Å²) >= 11 is 0. The maximum Gasteiger partial charge on any atom is 0.408 e. The number of likely N-dealkylation sites (tertiary alicyclic amines) is 1. The van der Waals surface area contributed by atoms with E-state index in [9.17, 15) is 24.3 Å². The zero-order chi connectivity index (χ0) is 29.9. The summed E-state index contributed by atoms with van der Waals surface area (Å²) < 4.78 is 5.08. The van der Waals surface area contributed by atoms with Gasteiger partial charge in [0.25, 0.3) is 5.91 Å². The van der Waals surface area contributed by atoms with Gasteiger partial charge in [-0.2, -0.15) is 0 Å². The van der Waals surface area contributed by atoms with Gasteiger partial charge in [-0.15, -0.1) is 0 Å². The zero-order valence-corrected chi connectivity index (χ0v) is 26.3. The molecule has 1 aliphatic carbocycles. The molecule has 1 heterocycles. The third kappa shape index (κ3) is 17.6. The SMILES string of the molecule is C1CCC1.CC.CC(C)C.CCC(NC(=O)C1CCCN1C(=O)CNC(=O)OC(C)(C)C)C(O)C(=O)NP. The number of hydrogen-bond acceptors (Lipinski definition) is 6. The van der Waals surface area contributed by atoms with E-state index in [0.717, 1.165) is 5.92 Å². The smallest absolute Gasteiger partial charge is 0.408 e. The second-order valence-corrected chi connectivity index (χ2v) is 11.0. The molecule has 0 radical (unpaired) electrons. The Bertz CT molecular complexity index is 689. The van der Waals surface area contributed by atoms with Crippen molar-refractivity contribution in [1.82, 2.24) is 20.6 Å². The summed E-state index contributed by atoms with van der Waals surface area (Å²) in [5.41, 5.74) is -0.678. The number of carbonyl (C=O) groups is 4. The molecule has 0 aromatic carbocycles. The first-order valence-corrected chi connectivity index (χ1v) is 14.6. The van der Waals surface area contributed by atoms with E-state index < -0.39 is 47.6 Å². The van der Waals surface area contributed by atoms with Gasteiger partial charge in [0.1, 0.15) is 18.2 Å². The van der Waals surface area contributed by atoms with E-state index in [1.807, 2.05) is 23.2 Å². The van der Waals surface area contributed by atoms with Crippen LogP contribution in [0.4, 0.5) is 4.79 Å². The first-order valence-electron chi connectivity index (χ1n) is 14.0. The Hall–Kier alpha value is -1.93. The van der Waals surface area contributed by atoms with Crippen LogP contribution in [0.5, 0.6) is 0 Å². The Balaban J connectivity index is 0. The van der Waals surface area contributed by atoms with E-state index in [1.54, 1.807) is 27.7 Å². The summed E-state index contributed by atoms with van der Waals surface area (Å²) in [6, 6.07) is -1.49. The summed E-state index contributed by atoms with van der Waals surface area (Å²) in [5, 5.41) is 17.3. The van der Waals surface area contributed by atoms with Crippen molar-refractivity contribution in [3.05, 3.63) is 0 Å². The number of aliphatic hydroxyl groups is 1. The monoisotopic (exact) mass is 562 g/mol. The second kappa shape index (κ2) is 21.0. The van der Waals surface area contributed by atoms with Crippen molar-refractivity contribution in [1.29, 1.82) is 0 Å². The van der Waals surface area contributed by atoms with Crippen LogP contribution in [0.1, 0.15) is 107 Å². The Morgan fingerprint density at radius 1 is 1.03 bits per heavy atom. The maximum atomic E-state index is 12.6. The highest BCUT2D eigenvalue weighted by Crippen LogP contribution is 2.18. The zero-order valence-electron chi connectivity index (χ0n) is 25.2. The van der Waals surface area contributed by atoms with Gasteiger partial charge in [-0.05, 0) is 55.3 Å². The van der Waals surface area contributed by atoms with Gasteiger partial charge in [0, 0.05) is 6.54 Å². The fourth-order valence-corrected chi connectivity index (χ4v) is 3.27. The largest absolute Gasteiger partial charge is 0.444 e. The molecule has 0 aromatic heterocycles. The van der Waals surface area contributed by atoms with Crippen LogP contribution in [0.15, 0.2) is 0 Å². The number of carbonyl (C=O) groups excluding carboxylic acids is 4. The minimum absolute atomic E-state index is 0.284. The average Bonchev–Trinajstić information content (AvgIpc) is 3.29. The molecule has 2 rings (SSSR count). The lowest BCUT2D eigenvalue weighted by molar-refractivity contribution is -0.139. The number of nitrogens with zero attached hydrogens (tertiary/aromatic N) is 1. The Morgan fingerprint density at radius 2 is 1.53 bits per heavy atom. The summed E-state index contributed by atoms with van der Waals surface area (Å²) in [6.45, 7) is 17.5. The number of hydrogen-bond donors (Lipinski definition) is 4. The number of nitrogens with one attached hydrogen (secondary N) is 3. The Kier molecular flexibility index (Phi) is 21.1. The maximum absolute atomic E-state index is 12.6. The fourth-order valence-electron chi connectivity index (χ4n) is 3.10. The molecule has 10 nitrogen and oxygen atoms in total. The molecule has 11 heteroatoms. The average molecular weight is 563 g/mol. The van der Waals surface area contributed by atoms with E-state index >= 15 is 0 Å². The molecular formula is C27H55N4O6P. The lowest BCUT2D eigenvalue weighted by Crippen LogP contribution is -2.55. The van der Waals surface area contributed by atoms with Crippen molar-refractivity contribution in [3.63, 3.8) is 0 Å². The van der Waals surface area contributed by atoms with E-state index in [1.165, 1.54) is 30.6 Å². The molecule has 2 fully saturated rings. The Morgan fingerprint density at radius 3 is 1.92 bits per heavy atom. The van der Waals surface area contributed by atoms with Gasteiger partial charge < -0.3 is 30.5 Å². The van der Waals surface area contributed by atoms with Crippen molar-refractivity contribution in [3.8, 4) is 0 Å². The molecule has 1 saturated heterocycles. The van der Waals surface area contributed by atoms with Gasteiger partial charge >= 0.3 is 6.09 Å². The van der Waals surface area contributed by atoms with Gasteiger partial charge in [-0.3, -0.25) is 14.4 Å². The molecule has 4 amide bonds. The predicted octanol–water partition coefficient (Wildman–Crippen LogP) is 3.91. The van der Waals surface area contributed by atoms with Crippen LogP contribution in [0.2, 0.25) is 0 Å². The molecule has 4 N–H and O–H groups in total. The van der Waals surface area contributed by atoms with Crippen LogP contribution >= 0.6 is 9.39 Å². The van der Waals surface area contributed by atoms with Gasteiger partial charge in [-0.1, -0.05) is 67.2 Å². The van der Waals surface area contributed by atoms with E-state index in [0.29, 0.717) is 25.8 Å². The lowest BCUT2D eigenvalue weighted by Gasteiger charge is -2.28. The quantitative estimate of drug-likeness (QED) is 0.347. The third-order valence-corrected chi connectivity index (χ3v) is 5.50. The molecule has 4 unspecified atom stereocenters. The predicted molar refractivity (Wildman–Crippen MR) is 155 cm³/mol. The van der Waals surface area contributed by atoms with Crippen LogP contribution in [0.3, 0.4) is 0 Å². The van der Waals surface area contributed by atoms with E-state index in [4.69, 9.17) is 4.74 Å². The highest BCUT2D eigenvalue weighted by molar-refractivity contribution is 7.15. The minimum Gasteiger partial charge on any atom is -0.444 e. The van der Waals surface area contributed by atoms with Gasteiger partial charge in [0.05, 0.1) is 6.04 Å². The summed E-state index contributed by atoms with van der Waals surface area (Å²) in [6.07, 6.45) is 5.34. The van der Waals surface area contributed by atoms with Crippen molar-refractivity contribution >= 4 is 33.2 Å². The summed E-state index contributed by atoms with van der Waals surface area (Å²) in [7, 11) is 2.00. The molecule has 0 aromatic rings. The fraction of sp³-hybridized carbons (Fsp3) is 0.852. The molecule has 4 atom stereocenters. The summed E-state index contributed by atoms with van der Waals surface area (Å²) in [5.74, 6) is -0.636. The van der Waals surface area contributed by atoms with Crippen LogP contribution in [-0.2, 0) is 19.1 Å². The number of alkyl carbamates (subject to hydrolysis) is 1. The van der Waals surface area contributed by atoms with E-state index in [2.05, 4.69) is 36.5 Å². The highest BCUT2D eigenvalue weighted by Gasteiger charge is 2.36. The van der Waals surface area contributed by atoms with Gasteiger partial charge in [0.2, 0.25) is 11.8 Å². The van der Waals surface area contributed by atoms with Crippen LogP contribution in [-0.4, -0.2) is 70.7 Å². The normalized spacial score (nSPS) is 17.5. The van der Waals surface area contributed by atoms with Crippen molar-refractivity contribution in [2.45, 2.75) is 131 Å². The minimum atomic E-state index is -1.40. The summed E-state index contributed by atoms with van der Waals surface area (Å²) in [4.78, 5) is 49.7. The van der Waals surface area contributed by atoms with Gasteiger partial charge in [0.15, 0.2) is 6.10 Å². The number of amides is 4. The van der Waals surface area contributed by atoms with Crippen molar-refractivity contribution < 1.29 is 29.0 Å². The third-order valence-electron chi connectivity index (χ3n) is 5.22. The van der Waals surface area contributed by atoms with E-state index in [-0.39, 0.29) is 6.54 Å². The van der Waals surface area contributed by atoms with Crippen LogP contribution in [0.25, 0.3) is 0 Å². The topological polar surface area (TPSA) is 137 Å².